The van der Waals surface area contributed by atoms with Gasteiger partial charge in [0.25, 0.3) is 6.71 Å². The molecule has 0 saturated carbocycles. The Hall–Kier alpha value is -14.6. The molecule has 0 unspecified atom stereocenters. The molecule has 18 aromatic carbocycles. The van der Waals surface area contributed by atoms with Gasteiger partial charge >= 0.3 is 0 Å². The topological polar surface area (TPSA) is 11.4 Å². The van der Waals surface area contributed by atoms with Crippen molar-refractivity contribution in [3.8, 4) is 128 Å². The maximum absolute atomic E-state index is 10.1. The molecule has 4 heteroatoms. The van der Waals surface area contributed by atoms with E-state index in [1.165, 1.54) is 0 Å². The summed E-state index contributed by atoms with van der Waals surface area (Å²) in [5.41, 5.74) is 32.6. The number of para-hydroxylation sites is 2. The highest BCUT2D eigenvalue weighted by molar-refractivity contribution is 7.00. The second kappa shape index (κ2) is 29.9. The van der Waals surface area contributed by atoms with Crippen molar-refractivity contribution < 1.29 is 11.0 Å². The van der Waals surface area contributed by atoms with Crippen LogP contribution in [0.25, 0.3) is 150 Å². The van der Waals surface area contributed by atoms with Crippen molar-refractivity contribution in [1.29, 1.82) is 0 Å². The SMILES string of the molecule is [2H]c1c([2H])c([2H])c2c(c1[2H])c1c([2H])c([2H])c([2H])c([2H])c1n2-c1ccc2c(c1)N(c1c(-c3ccccc3)cc(C(C)(C)C)cc1-c1ccccc1)c1cc(-c3cc(-c4ccccc4)cc(-c4ccccc4)c3)cc3c1B2c1cc(-c2cc(-c4ccccc4)cc(-c4ccccc4)c2)ccc1N3c1c(-c2ccccc2)cc(C(C)(C)C)cc1-c1cccc(-c2ccccc2)c1. The molecular weight excluding hydrogens is 1450 g/mol. The van der Waals surface area contributed by atoms with Crippen LogP contribution in [0.4, 0.5) is 34.1 Å². The Kier molecular flexibility index (Phi) is 16.1. The molecule has 570 valence electrons. The number of benzene rings is 18. The average molecular weight is 1540 g/mol. The molecule has 0 fully saturated rings. The zero-order chi connectivity index (χ0) is 87.7. The molecule has 1 aromatic heterocycles. The number of rotatable bonds is 14. The molecule has 3 nitrogen and oxygen atoms in total. The summed E-state index contributed by atoms with van der Waals surface area (Å²) in [6.07, 6.45) is 0. The van der Waals surface area contributed by atoms with Gasteiger partial charge in [-0.3, -0.25) is 0 Å². The summed E-state index contributed by atoms with van der Waals surface area (Å²) < 4.78 is 78.9. The van der Waals surface area contributed by atoms with Crippen molar-refractivity contribution in [2.75, 3.05) is 9.80 Å². The van der Waals surface area contributed by atoms with E-state index in [2.05, 4.69) is 421 Å². The van der Waals surface area contributed by atoms with Crippen molar-refractivity contribution >= 4 is 79.0 Å². The molecule has 0 amide bonds. The first-order chi connectivity index (χ1) is 62.1. The number of nitrogens with zero attached hydrogens (tertiary/aromatic N) is 3. The molecule has 2 aliphatic heterocycles. The van der Waals surface area contributed by atoms with Crippen molar-refractivity contribution in [1.82, 2.24) is 4.57 Å². The summed E-state index contributed by atoms with van der Waals surface area (Å²) >= 11 is 0. The van der Waals surface area contributed by atoms with Crippen LogP contribution in [-0.2, 0) is 10.8 Å². The predicted octanol–water partition coefficient (Wildman–Crippen LogP) is 29.8. The quantitative estimate of drug-likeness (QED) is 0.101. The fourth-order valence-electron chi connectivity index (χ4n) is 18.3. The van der Waals surface area contributed by atoms with Crippen LogP contribution in [0.1, 0.15) is 63.6 Å². The zero-order valence-corrected chi connectivity index (χ0v) is 67.7. The van der Waals surface area contributed by atoms with Crippen LogP contribution >= 0.6 is 0 Å². The van der Waals surface area contributed by atoms with E-state index in [4.69, 9.17) is 0 Å². The average Bonchev–Trinajstić information content (AvgIpc) is 0.967. The minimum absolute atomic E-state index is 0.00698. The highest BCUT2D eigenvalue weighted by Gasteiger charge is 2.46. The molecule has 120 heavy (non-hydrogen) atoms. The molecule has 3 heterocycles. The lowest BCUT2D eigenvalue weighted by atomic mass is 9.33. The first-order valence-corrected chi connectivity index (χ1v) is 41.4. The van der Waals surface area contributed by atoms with Gasteiger partial charge in [-0.1, -0.05) is 357 Å². The van der Waals surface area contributed by atoms with Crippen LogP contribution in [0.5, 0.6) is 0 Å². The number of hydrogen-bond donors (Lipinski definition) is 0. The van der Waals surface area contributed by atoms with Gasteiger partial charge in [0.05, 0.1) is 33.4 Å². The van der Waals surface area contributed by atoms with Crippen molar-refractivity contribution in [2.24, 2.45) is 0 Å². The Morgan fingerprint density at radius 2 is 0.542 bits per heavy atom. The van der Waals surface area contributed by atoms with Gasteiger partial charge in [-0.2, -0.15) is 0 Å². The maximum Gasteiger partial charge on any atom is 0.252 e. The van der Waals surface area contributed by atoms with E-state index in [-0.39, 0.29) is 44.7 Å². The van der Waals surface area contributed by atoms with E-state index in [0.29, 0.717) is 5.69 Å². The van der Waals surface area contributed by atoms with Crippen LogP contribution in [-0.4, -0.2) is 11.3 Å². The van der Waals surface area contributed by atoms with E-state index in [1.54, 1.807) is 4.57 Å². The van der Waals surface area contributed by atoms with Gasteiger partial charge in [-0.05, 0) is 248 Å². The molecule has 0 N–H and O–H groups in total. The van der Waals surface area contributed by atoms with Crippen molar-refractivity contribution in [3.63, 3.8) is 0 Å². The van der Waals surface area contributed by atoms with Gasteiger partial charge in [-0.15, -0.1) is 0 Å². The summed E-state index contributed by atoms with van der Waals surface area (Å²) in [6.45, 7) is 13.1. The summed E-state index contributed by atoms with van der Waals surface area (Å²) in [6, 6.07) is 133. The summed E-state index contributed by atoms with van der Waals surface area (Å²) in [7, 11) is 0. The smallest absolute Gasteiger partial charge is 0.252 e. The lowest BCUT2D eigenvalue weighted by Gasteiger charge is -2.46. The fourth-order valence-corrected chi connectivity index (χ4v) is 18.3. The molecule has 0 aliphatic carbocycles. The normalized spacial score (nSPS) is 13.3. The van der Waals surface area contributed by atoms with Crippen molar-refractivity contribution in [2.45, 2.75) is 52.4 Å². The number of aromatic nitrogens is 1. The standard InChI is InChI=1S/C116H88BN3/c1-115(2,3)95-72-100(82-46-25-12-26-47-82)113(101(73-95)83-48-27-13-28-49-83)120-109-76-97(118-106-56-33-31-54-98(106)99-55-32-34-57-107(99)118)59-60-104(109)117-105-69-86(92-65-88(78-38-17-8-18-39-78)63-89(66-92)79-40-19-9-20-41-79)58-61-108(105)119(110-70-94(71-111(120)112(110)117)93-67-90(80-42-21-10-22-43-80)64-91(68-93)81-44-23-11-24-45-81)114-102(84-50-29-14-30-51-84)74-96(116(4,5)6)75-103(114)87-53-35-52-85(62-87)77-36-15-7-16-37-77/h7-76H,1-6H3/i31D,32D,33D,34D,54D,55D,56D,57D. The molecule has 2 aliphatic rings. The molecule has 19 aromatic rings. The third-order valence-corrected chi connectivity index (χ3v) is 24.2. The van der Waals surface area contributed by atoms with Crippen LogP contribution in [0.2, 0.25) is 0 Å². The number of hydrogen-bond acceptors (Lipinski definition) is 2. The second-order valence-electron chi connectivity index (χ2n) is 33.8. The molecule has 0 spiro atoms. The predicted molar refractivity (Wildman–Crippen MR) is 512 cm³/mol. The fraction of sp³-hybridized carbons (Fsp3) is 0.0690. The summed E-state index contributed by atoms with van der Waals surface area (Å²) in [5, 5.41) is -0.0140. The summed E-state index contributed by atoms with van der Waals surface area (Å²) in [5.74, 6) is 0. The number of anilines is 6. The Balaban J connectivity index is 0.986. The molecule has 0 bridgehead atoms. The molecule has 0 radical (unpaired) electrons. The maximum atomic E-state index is 10.1. The largest absolute Gasteiger partial charge is 0.310 e. The highest BCUT2D eigenvalue weighted by atomic mass is 15.2. The molecule has 21 rings (SSSR count). The lowest BCUT2D eigenvalue weighted by Crippen LogP contribution is -2.61. The monoisotopic (exact) mass is 1540 g/mol. The van der Waals surface area contributed by atoms with Crippen LogP contribution in [0.15, 0.2) is 424 Å². The Morgan fingerprint density at radius 1 is 0.233 bits per heavy atom. The van der Waals surface area contributed by atoms with E-state index >= 15 is 0 Å². The van der Waals surface area contributed by atoms with E-state index in [9.17, 15) is 11.0 Å². The Bertz CT molecular complexity index is 7390. The zero-order valence-electron chi connectivity index (χ0n) is 75.7. The van der Waals surface area contributed by atoms with E-state index in [1.807, 2.05) is 6.07 Å². The van der Waals surface area contributed by atoms with Crippen LogP contribution in [0.3, 0.4) is 0 Å². The Labute approximate surface area is 716 Å². The van der Waals surface area contributed by atoms with Gasteiger partial charge < -0.3 is 14.4 Å². The molecule has 0 atom stereocenters. The Morgan fingerprint density at radius 3 is 0.942 bits per heavy atom. The lowest BCUT2D eigenvalue weighted by molar-refractivity contribution is 0.590. The highest BCUT2D eigenvalue weighted by Crippen LogP contribution is 2.56. The second-order valence-corrected chi connectivity index (χ2v) is 33.8. The van der Waals surface area contributed by atoms with E-state index < -0.39 is 43.0 Å². The van der Waals surface area contributed by atoms with Gasteiger partial charge in [0.1, 0.15) is 0 Å². The first-order valence-electron chi connectivity index (χ1n) is 45.4. The minimum atomic E-state index is -0.622. The van der Waals surface area contributed by atoms with Crippen molar-refractivity contribution in [3.05, 3.63) is 436 Å². The third kappa shape index (κ3) is 13.1. The summed E-state index contributed by atoms with van der Waals surface area (Å²) in [4.78, 5) is 5.10. The van der Waals surface area contributed by atoms with Gasteiger partial charge in [-0.25, -0.2) is 0 Å². The number of fused-ring (bicyclic) bond motifs is 7. The van der Waals surface area contributed by atoms with Crippen LogP contribution in [0, 0.1) is 0 Å². The minimum Gasteiger partial charge on any atom is -0.310 e. The van der Waals surface area contributed by atoms with Gasteiger partial charge in [0.15, 0.2) is 0 Å². The van der Waals surface area contributed by atoms with Crippen LogP contribution < -0.4 is 26.2 Å². The third-order valence-electron chi connectivity index (χ3n) is 24.2. The first kappa shape index (κ1) is 64.6. The molecule has 0 saturated heterocycles. The molecular formula is C116H88BN3. The van der Waals surface area contributed by atoms with E-state index in [0.717, 1.165) is 184 Å². The van der Waals surface area contributed by atoms with Gasteiger partial charge in [0.2, 0.25) is 0 Å². The van der Waals surface area contributed by atoms with Gasteiger partial charge in [0, 0.05) is 61.5 Å².